The molecular weight excluding hydrogens is 393 g/mol. The lowest BCUT2D eigenvalue weighted by molar-refractivity contribution is -0.124. The summed E-state index contributed by atoms with van der Waals surface area (Å²) in [6.45, 7) is 1.91. The fourth-order valence-corrected chi connectivity index (χ4v) is 3.27. The quantitative estimate of drug-likeness (QED) is 0.474. The molecule has 0 bridgehead atoms. The summed E-state index contributed by atoms with van der Waals surface area (Å²) in [7, 11) is 0. The maximum atomic E-state index is 13.2. The van der Waals surface area contributed by atoms with E-state index in [1.54, 1.807) is 16.7 Å². The third-order valence-corrected chi connectivity index (χ3v) is 4.93. The molecule has 0 aliphatic heterocycles. The van der Waals surface area contributed by atoms with Crippen LogP contribution in [0.25, 0.3) is 5.69 Å². The highest BCUT2D eigenvalue weighted by molar-refractivity contribution is 7.98. The molecule has 0 aliphatic rings. The van der Waals surface area contributed by atoms with Gasteiger partial charge in [-0.2, -0.15) is 0 Å². The lowest BCUT2D eigenvalue weighted by Crippen LogP contribution is -2.29. The lowest BCUT2D eigenvalue weighted by Gasteiger charge is -2.11. The molecule has 1 aromatic heterocycles. The summed E-state index contributed by atoms with van der Waals surface area (Å²) >= 11 is 1.34. The van der Waals surface area contributed by atoms with Gasteiger partial charge in [0.25, 0.3) is 5.91 Å². The number of esters is 1. The second-order valence-electron chi connectivity index (χ2n) is 6.22. The van der Waals surface area contributed by atoms with Crippen LogP contribution in [-0.2, 0) is 16.1 Å². The molecule has 3 aromatic rings. The van der Waals surface area contributed by atoms with E-state index in [1.165, 1.54) is 30.1 Å². The van der Waals surface area contributed by atoms with Gasteiger partial charge in [0.2, 0.25) is 0 Å². The molecule has 2 aromatic carbocycles. The zero-order valence-corrected chi connectivity index (χ0v) is 16.8. The highest BCUT2D eigenvalue weighted by atomic mass is 32.2. The maximum absolute atomic E-state index is 13.2. The van der Waals surface area contributed by atoms with Crippen molar-refractivity contribution in [1.82, 2.24) is 14.9 Å². The molecule has 0 spiro atoms. The first kappa shape index (κ1) is 20.6. The molecule has 150 valence electrons. The summed E-state index contributed by atoms with van der Waals surface area (Å²) in [6, 6.07) is 13.4. The molecule has 0 fully saturated rings. The minimum Gasteiger partial charge on any atom is -0.451 e. The second kappa shape index (κ2) is 9.38. The van der Waals surface area contributed by atoms with Gasteiger partial charge < -0.3 is 10.1 Å². The SMILES string of the molecule is CSc1ncc(C(=O)OCC(=O)NCc2ccccc2C)n1-c1ccc(F)cc1. The molecule has 0 saturated carbocycles. The lowest BCUT2D eigenvalue weighted by atomic mass is 10.1. The summed E-state index contributed by atoms with van der Waals surface area (Å²) in [6.07, 6.45) is 3.19. The Morgan fingerprint density at radius 3 is 2.59 bits per heavy atom. The molecule has 1 amide bonds. The van der Waals surface area contributed by atoms with Crippen LogP contribution < -0.4 is 5.32 Å². The van der Waals surface area contributed by atoms with Crippen LogP contribution in [0.5, 0.6) is 0 Å². The number of imidazole rings is 1. The van der Waals surface area contributed by atoms with E-state index in [2.05, 4.69) is 10.3 Å². The molecular formula is C21H20FN3O3S. The average molecular weight is 413 g/mol. The van der Waals surface area contributed by atoms with Crippen molar-refractivity contribution in [3.8, 4) is 5.69 Å². The van der Waals surface area contributed by atoms with Crippen molar-refractivity contribution >= 4 is 23.6 Å². The summed E-state index contributed by atoms with van der Waals surface area (Å²) in [4.78, 5) is 28.8. The van der Waals surface area contributed by atoms with Crippen molar-refractivity contribution in [2.24, 2.45) is 0 Å². The number of aryl methyl sites for hydroxylation is 1. The number of ether oxygens (including phenoxy) is 1. The number of carbonyl (C=O) groups excluding carboxylic acids is 2. The van der Waals surface area contributed by atoms with E-state index in [0.29, 0.717) is 17.4 Å². The van der Waals surface area contributed by atoms with E-state index < -0.39 is 18.5 Å². The van der Waals surface area contributed by atoms with E-state index >= 15 is 0 Å². The van der Waals surface area contributed by atoms with E-state index in [-0.39, 0.29) is 11.5 Å². The Balaban J connectivity index is 1.65. The molecule has 0 unspecified atom stereocenters. The third kappa shape index (κ3) is 5.03. The highest BCUT2D eigenvalue weighted by Crippen LogP contribution is 2.22. The van der Waals surface area contributed by atoms with Gasteiger partial charge in [0.05, 0.1) is 6.20 Å². The Hall–Kier alpha value is -3.13. The average Bonchev–Trinajstić information content (AvgIpc) is 3.16. The summed E-state index contributed by atoms with van der Waals surface area (Å²) in [5, 5.41) is 3.28. The van der Waals surface area contributed by atoms with Gasteiger partial charge in [-0.1, -0.05) is 36.0 Å². The Labute approximate surface area is 172 Å². The van der Waals surface area contributed by atoms with Crippen LogP contribution in [0.1, 0.15) is 21.6 Å². The fourth-order valence-electron chi connectivity index (χ4n) is 2.72. The molecule has 0 radical (unpaired) electrons. The standard InChI is InChI=1S/C21H20FN3O3S/c1-14-5-3-4-6-15(14)11-23-19(26)13-28-20(27)18-12-24-21(29-2)25(18)17-9-7-16(22)8-10-17/h3-10,12H,11,13H2,1-2H3,(H,23,26). The van der Waals surface area contributed by atoms with Crippen LogP contribution in [0.3, 0.4) is 0 Å². The van der Waals surface area contributed by atoms with E-state index in [0.717, 1.165) is 11.1 Å². The molecule has 1 N–H and O–H groups in total. The fraction of sp³-hybridized carbons (Fsp3) is 0.190. The number of rotatable bonds is 7. The first-order valence-corrected chi connectivity index (χ1v) is 10.1. The molecule has 1 heterocycles. The number of hydrogen-bond acceptors (Lipinski definition) is 5. The number of nitrogens with one attached hydrogen (secondary N) is 1. The Morgan fingerprint density at radius 1 is 1.17 bits per heavy atom. The number of nitrogens with zero attached hydrogens (tertiary/aromatic N) is 2. The number of thioether (sulfide) groups is 1. The largest absolute Gasteiger partial charge is 0.451 e. The van der Waals surface area contributed by atoms with Gasteiger partial charge >= 0.3 is 5.97 Å². The van der Waals surface area contributed by atoms with Gasteiger partial charge in [-0.15, -0.1) is 0 Å². The monoisotopic (exact) mass is 413 g/mol. The van der Waals surface area contributed by atoms with Crippen LogP contribution >= 0.6 is 11.8 Å². The van der Waals surface area contributed by atoms with Crippen LogP contribution in [0, 0.1) is 12.7 Å². The van der Waals surface area contributed by atoms with Gasteiger partial charge in [-0.05, 0) is 48.6 Å². The van der Waals surface area contributed by atoms with Crippen molar-refractivity contribution in [1.29, 1.82) is 0 Å². The van der Waals surface area contributed by atoms with Crippen LogP contribution in [0.4, 0.5) is 4.39 Å². The number of amides is 1. The Bertz CT molecular complexity index is 1020. The topological polar surface area (TPSA) is 73.2 Å². The molecule has 6 nitrogen and oxygen atoms in total. The van der Waals surface area contributed by atoms with Crippen LogP contribution in [0.15, 0.2) is 59.9 Å². The van der Waals surface area contributed by atoms with Gasteiger partial charge in [-0.25, -0.2) is 14.2 Å². The van der Waals surface area contributed by atoms with Crippen molar-refractivity contribution in [3.63, 3.8) is 0 Å². The predicted molar refractivity (Wildman–Crippen MR) is 109 cm³/mol. The zero-order valence-electron chi connectivity index (χ0n) is 16.0. The zero-order chi connectivity index (χ0) is 20.8. The van der Waals surface area contributed by atoms with Crippen LogP contribution in [0.2, 0.25) is 0 Å². The Morgan fingerprint density at radius 2 is 1.90 bits per heavy atom. The van der Waals surface area contributed by atoms with Gasteiger partial charge in [-0.3, -0.25) is 9.36 Å². The van der Waals surface area contributed by atoms with Crippen molar-refractivity contribution in [2.75, 3.05) is 12.9 Å². The smallest absolute Gasteiger partial charge is 0.357 e. The Kier molecular flexibility index (Phi) is 6.66. The third-order valence-electron chi connectivity index (χ3n) is 4.28. The molecule has 0 aliphatic carbocycles. The summed E-state index contributed by atoms with van der Waals surface area (Å²) in [5.74, 6) is -1.47. The number of aromatic nitrogens is 2. The van der Waals surface area contributed by atoms with Gasteiger partial charge in [0.1, 0.15) is 5.82 Å². The number of halogens is 1. The summed E-state index contributed by atoms with van der Waals surface area (Å²) in [5.41, 5.74) is 2.79. The van der Waals surface area contributed by atoms with Crippen molar-refractivity contribution in [3.05, 3.63) is 77.4 Å². The molecule has 29 heavy (non-hydrogen) atoms. The summed E-state index contributed by atoms with van der Waals surface area (Å²) < 4.78 is 20.0. The highest BCUT2D eigenvalue weighted by Gasteiger charge is 2.20. The maximum Gasteiger partial charge on any atom is 0.357 e. The molecule has 0 saturated heterocycles. The first-order chi connectivity index (χ1) is 14.0. The number of carbonyl (C=O) groups is 2. The normalized spacial score (nSPS) is 10.6. The molecule has 0 atom stereocenters. The molecule has 8 heteroatoms. The minimum absolute atomic E-state index is 0.160. The van der Waals surface area contributed by atoms with E-state index in [1.807, 2.05) is 37.4 Å². The van der Waals surface area contributed by atoms with Crippen LogP contribution in [-0.4, -0.2) is 34.3 Å². The number of benzene rings is 2. The van der Waals surface area contributed by atoms with E-state index in [9.17, 15) is 14.0 Å². The van der Waals surface area contributed by atoms with Gasteiger partial charge in [0.15, 0.2) is 17.5 Å². The van der Waals surface area contributed by atoms with Gasteiger partial charge in [0, 0.05) is 12.2 Å². The van der Waals surface area contributed by atoms with Crippen molar-refractivity contribution < 1.29 is 18.7 Å². The van der Waals surface area contributed by atoms with Crippen molar-refractivity contribution in [2.45, 2.75) is 18.6 Å². The number of hydrogen-bond donors (Lipinski definition) is 1. The first-order valence-electron chi connectivity index (χ1n) is 8.85. The predicted octanol–water partition coefficient (Wildman–Crippen LogP) is 3.51. The van der Waals surface area contributed by atoms with E-state index in [4.69, 9.17) is 4.74 Å². The molecule has 3 rings (SSSR count). The minimum atomic E-state index is -0.687. The second-order valence-corrected chi connectivity index (χ2v) is 6.99.